The predicted molar refractivity (Wildman–Crippen MR) is 122 cm³/mol. The van der Waals surface area contributed by atoms with Crippen LogP contribution in [0.4, 0.5) is 5.69 Å². The molecule has 4 heterocycles. The predicted octanol–water partition coefficient (Wildman–Crippen LogP) is 1.98. The van der Waals surface area contributed by atoms with Crippen molar-refractivity contribution in [2.24, 2.45) is 4.99 Å². The first-order chi connectivity index (χ1) is 14.9. The summed E-state index contributed by atoms with van der Waals surface area (Å²) in [5.74, 6) is 0.955. The van der Waals surface area contributed by atoms with E-state index in [2.05, 4.69) is 4.98 Å². The van der Waals surface area contributed by atoms with Crippen molar-refractivity contribution in [3.05, 3.63) is 70.8 Å². The molecular formula is C21H20N4O4S2. The van der Waals surface area contributed by atoms with Crippen molar-refractivity contribution in [1.82, 2.24) is 9.38 Å². The SMILES string of the molecule is COc1ccc(N(Cc2cc(=O)n3ccccc3n2)C2=NC3CS(=O)(=O)CC3S2)cc1. The number of hydrogen-bond acceptors (Lipinski definition) is 8. The first kappa shape index (κ1) is 20.1. The number of fused-ring (bicyclic) bond motifs is 2. The Morgan fingerprint density at radius 2 is 2.00 bits per heavy atom. The maximum Gasteiger partial charge on any atom is 0.258 e. The highest BCUT2D eigenvalue weighted by Gasteiger charge is 2.44. The lowest BCUT2D eigenvalue weighted by Crippen LogP contribution is -2.29. The van der Waals surface area contributed by atoms with Crippen LogP contribution in [0.25, 0.3) is 5.65 Å². The van der Waals surface area contributed by atoms with Crippen molar-refractivity contribution >= 4 is 38.1 Å². The molecule has 2 aromatic heterocycles. The van der Waals surface area contributed by atoms with E-state index >= 15 is 0 Å². The van der Waals surface area contributed by atoms with Crippen molar-refractivity contribution in [2.45, 2.75) is 17.8 Å². The Balaban J connectivity index is 1.52. The number of hydrogen-bond donors (Lipinski definition) is 0. The average Bonchev–Trinajstić information content (AvgIpc) is 3.25. The molecule has 0 N–H and O–H groups in total. The Bertz CT molecular complexity index is 1340. The molecule has 31 heavy (non-hydrogen) atoms. The van der Waals surface area contributed by atoms with Gasteiger partial charge >= 0.3 is 0 Å². The Kier molecular flexibility index (Phi) is 4.98. The molecule has 0 spiro atoms. The number of ether oxygens (including phenoxy) is 1. The van der Waals surface area contributed by atoms with Crippen LogP contribution in [0.15, 0.2) is 64.5 Å². The zero-order chi connectivity index (χ0) is 21.6. The maximum absolute atomic E-state index is 12.5. The van der Waals surface area contributed by atoms with Crippen LogP contribution in [0.5, 0.6) is 5.75 Å². The standard InChI is InChI=1S/C21H20N4O4S2/c1-29-16-7-5-15(6-8-16)25(21-23-17-12-31(27,28)13-18(17)30-21)11-14-10-20(26)24-9-3-2-4-19(24)22-14/h2-10,17-18H,11-13H2,1H3. The van der Waals surface area contributed by atoms with E-state index < -0.39 is 9.84 Å². The zero-order valence-corrected chi connectivity index (χ0v) is 18.3. The van der Waals surface area contributed by atoms with E-state index in [1.54, 1.807) is 25.4 Å². The van der Waals surface area contributed by atoms with E-state index in [0.717, 1.165) is 16.6 Å². The Hall–Kier alpha value is -2.85. The van der Waals surface area contributed by atoms with Gasteiger partial charge in [0.2, 0.25) is 0 Å². The number of aliphatic imine (C=N–C) groups is 1. The summed E-state index contributed by atoms with van der Waals surface area (Å²) in [5, 5.41) is 0.668. The molecular weight excluding hydrogens is 436 g/mol. The van der Waals surface area contributed by atoms with E-state index in [1.165, 1.54) is 22.2 Å². The van der Waals surface area contributed by atoms with Gasteiger partial charge in [0.25, 0.3) is 5.56 Å². The van der Waals surface area contributed by atoms with Crippen LogP contribution < -0.4 is 15.2 Å². The van der Waals surface area contributed by atoms with Crippen LogP contribution in [0.1, 0.15) is 5.69 Å². The van der Waals surface area contributed by atoms with Gasteiger partial charge in [0, 0.05) is 23.2 Å². The van der Waals surface area contributed by atoms with Crippen molar-refractivity contribution in [1.29, 1.82) is 0 Å². The van der Waals surface area contributed by atoms with E-state index in [-0.39, 0.29) is 28.4 Å². The number of benzene rings is 1. The number of rotatable bonds is 4. The summed E-state index contributed by atoms with van der Waals surface area (Å²) in [4.78, 5) is 23.9. The fourth-order valence-corrected chi connectivity index (χ4v) is 7.63. The minimum Gasteiger partial charge on any atom is -0.497 e. The molecule has 0 bridgehead atoms. The van der Waals surface area contributed by atoms with Gasteiger partial charge in [-0.15, -0.1) is 0 Å². The van der Waals surface area contributed by atoms with Gasteiger partial charge in [-0.05, 0) is 36.4 Å². The van der Waals surface area contributed by atoms with Gasteiger partial charge in [-0.3, -0.25) is 14.2 Å². The molecule has 0 aliphatic carbocycles. The summed E-state index contributed by atoms with van der Waals surface area (Å²) in [6.07, 6.45) is 1.69. The smallest absolute Gasteiger partial charge is 0.258 e. The highest BCUT2D eigenvalue weighted by Crippen LogP contribution is 2.37. The number of methoxy groups -OCH3 is 1. The van der Waals surface area contributed by atoms with Crippen LogP contribution in [0.2, 0.25) is 0 Å². The van der Waals surface area contributed by atoms with Crippen LogP contribution in [-0.2, 0) is 16.4 Å². The molecule has 2 atom stereocenters. The molecule has 3 aromatic rings. The summed E-state index contributed by atoms with van der Waals surface area (Å²) >= 11 is 1.48. The fourth-order valence-electron chi connectivity index (χ4n) is 3.85. The molecule has 0 saturated carbocycles. The first-order valence-electron chi connectivity index (χ1n) is 9.76. The molecule has 5 rings (SSSR count). The third-order valence-corrected chi connectivity index (χ3v) is 8.61. The number of aromatic nitrogens is 2. The van der Waals surface area contributed by atoms with Crippen molar-refractivity contribution < 1.29 is 13.2 Å². The second-order valence-corrected chi connectivity index (χ2v) is 10.9. The zero-order valence-electron chi connectivity index (χ0n) is 16.7. The highest BCUT2D eigenvalue weighted by atomic mass is 32.2. The number of sulfone groups is 1. The van der Waals surface area contributed by atoms with Crippen LogP contribution >= 0.6 is 11.8 Å². The normalized spacial score (nSPS) is 21.6. The van der Waals surface area contributed by atoms with E-state index in [4.69, 9.17) is 9.73 Å². The third-order valence-electron chi connectivity index (χ3n) is 5.36. The molecule has 1 aromatic carbocycles. The molecule has 160 valence electrons. The van der Waals surface area contributed by atoms with Gasteiger partial charge in [0.1, 0.15) is 11.4 Å². The molecule has 8 nitrogen and oxygen atoms in total. The summed E-state index contributed by atoms with van der Waals surface area (Å²) < 4.78 is 30.7. The summed E-state index contributed by atoms with van der Waals surface area (Å²) in [6, 6.07) is 14.3. The minimum absolute atomic E-state index is 0.0732. The number of amidine groups is 1. The fraction of sp³-hybridized carbons (Fsp3) is 0.286. The molecule has 2 aliphatic rings. The van der Waals surface area contributed by atoms with Crippen molar-refractivity contribution in [3.8, 4) is 5.75 Å². The lowest BCUT2D eigenvalue weighted by molar-refractivity contribution is 0.415. The largest absolute Gasteiger partial charge is 0.497 e. The van der Waals surface area contributed by atoms with Crippen molar-refractivity contribution in [3.63, 3.8) is 0 Å². The van der Waals surface area contributed by atoms with Gasteiger partial charge < -0.3 is 9.64 Å². The molecule has 1 saturated heterocycles. The maximum atomic E-state index is 12.5. The number of anilines is 1. The van der Waals surface area contributed by atoms with Crippen LogP contribution in [0, 0.1) is 0 Å². The molecule has 0 radical (unpaired) electrons. The Labute approximate surface area is 183 Å². The second kappa shape index (κ2) is 7.69. The molecule has 2 aliphatic heterocycles. The lowest BCUT2D eigenvalue weighted by Gasteiger charge is -2.24. The first-order valence-corrected chi connectivity index (χ1v) is 12.5. The summed E-state index contributed by atoms with van der Waals surface area (Å²) in [7, 11) is -1.43. The molecule has 10 heteroatoms. The minimum atomic E-state index is -3.04. The molecule has 1 fully saturated rings. The number of pyridine rings is 1. The lowest BCUT2D eigenvalue weighted by atomic mass is 10.2. The number of nitrogens with zero attached hydrogens (tertiary/aromatic N) is 4. The average molecular weight is 457 g/mol. The highest BCUT2D eigenvalue weighted by molar-refractivity contribution is 8.15. The van der Waals surface area contributed by atoms with Crippen molar-refractivity contribution in [2.75, 3.05) is 23.5 Å². The van der Waals surface area contributed by atoms with Gasteiger partial charge in [0.05, 0.1) is 36.9 Å². The monoisotopic (exact) mass is 456 g/mol. The van der Waals surface area contributed by atoms with E-state index in [0.29, 0.717) is 17.9 Å². The van der Waals surface area contributed by atoms with Gasteiger partial charge in [0.15, 0.2) is 15.0 Å². The molecule has 2 unspecified atom stereocenters. The Morgan fingerprint density at radius 3 is 2.74 bits per heavy atom. The van der Waals surface area contributed by atoms with Crippen LogP contribution in [0.3, 0.4) is 0 Å². The molecule has 0 amide bonds. The number of thioether (sulfide) groups is 1. The quantitative estimate of drug-likeness (QED) is 0.593. The summed E-state index contributed by atoms with van der Waals surface area (Å²) in [6.45, 7) is 0.338. The van der Waals surface area contributed by atoms with Crippen LogP contribution in [-0.4, -0.2) is 52.9 Å². The Morgan fingerprint density at radius 1 is 1.19 bits per heavy atom. The summed E-state index contributed by atoms with van der Waals surface area (Å²) in [5.41, 5.74) is 1.90. The van der Waals surface area contributed by atoms with Gasteiger partial charge in [-0.1, -0.05) is 17.8 Å². The van der Waals surface area contributed by atoms with Gasteiger partial charge in [-0.2, -0.15) is 0 Å². The van der Waals surface area contributed by atoms with E-state index in [1.807, 2.05) is 35.2 Å². The van der Waals surface area contributed by atoms with Gasteiger partial charge in [-0.25, -0.2) is 13.4 Å². The third kappa shape index (κ3) is 3.92. The van der Waals surface area contributed by atoms with E-state index in [9.17, 15) is 13.2 Å². The second-order valence-electron chi connectivity index (χ2n) is 7.51. The topological polar surface area (TPSA) is 93.3 Å².